The molecule has 0 aromatic heterocycles. The first-order chi connectivity index (χ1) is 9.83. The van der Waals surface area contributed by atoms with Crippen LogP contribution in [-0.4, -0.2) is 12.5 Å². The lowest BCUT2D eigenvalue weighted by Gasteiger charge is -2.01. The van der Waals surface area contributed by atoms with Crippen LogP contribution in [0, 0.1) is 11.3 Å². The second-order valence-corrected chi connectivity index (χ2v) is 5.25. The highest BCUT2D eigenvalue weighted by atomic mass is 32.2. The molecule has 0 heterocycles. The van der Waals surface area contributed by atoms with Crippen LogP contribution in [-0.2, 0) is 10.5 Å². The van der Waals surface area contributed by atoms with Gasteiger partial charge >= 0.3 is 0 Å². The first kappa shape index (κ1) is 16.3. The van der Waals surface area contributed by atoms with Crippen LogP contribution >= 0.6 is 11.8 Å². The smallest absolute Gasteiger partial charge is 0.244 e. The average molecular weight is 288 g/mol. The zero-order chi connectivity index (χ0) is 14.5. The predicted octanol–water partition coefficient (Wildman–Crippen LogP) is 3.63. The summed E-state index contributed by atoms with van der Waals surface area (Å²) in [6.45, 7) is 0.679. The van der Waals surface area contributed by atoms with Crippen LogP contribution in [0.3, 0.4) is 0 Å². The Hall–Kier alpha value is -1.73. The van der Waals surface area contributed by atoms with E-state index in [4.69, 9.17) is 5.26 Å². The van der Waals surface area contributed by atoms with Gasteiger partial charge in [0.25, 0.3) is 0 Å². The molecular weight excluding hydrogens is 268 g/mol. The van der Waals surface area contributed by atoms with Crippen molar-refractivity contribution in [3.05, 3.63) is 47.4 Å². The summed E-state index contributed by atoms with van der Waals surface area (Å²) >= 11 is 1.61. The van der Waals surface area contributed by atoms with Crippen molar-refractivity contribution in [3.63, 3.8) is 0 Å². The molecule has 0 aliphatic heterocycles. The fourth-order valence-electron chi connectivity index (χ4n) is 1.60. The van der Waals surface area contributed by atoms with Crippen molar-refractivity contribution < 1.29 is 4.79 Å². The number of carbonyl (C=O) groups is 1. The van der Waals surface area contributed by atoms with Crippen molar-refractivity contribution in [1.29, 1.82) is 5.26 Å². The molecule has 0 unspecified atom stereocenters. The van der Waals surface area contributed by atoms with E-state index in [0.717, 1.165) is 25.0 Å². The molecule has 1 aromatic rings. The lowest BCUT2D eigenvalue weighted by atomic mass is 10.2. The molecule has 0 bridgehead atoms. The Balaban J connectivity index is 2.04. The van der Waals surface area contributed by atoms with Crippen molar-refractivity contribution in [1.82, 2.24) is 5.32 Å². The Bertz CT molecular complexity index is 451. The summed E-state index contributed by atoms with van der Waals surface area (Å²) in [4.78, 5) is 11.5. The van der Waals surface area contributed by atoms with Crippen molar-refractivity contribution in [2.24, 2.45) is 0 Å². The fourth-order valence-corrected chi connectivity index (χ4v) is 2.31. The standard InChI is InChI=1S/C16H20N2OS/c17-11-6-1-2-7-12-18-16(19)10-13-20-14-15-8-4-3-5-9-15/h3-5,8-10,13H,1-2,6-7,12,14H2,(H,18,19)/b13-10-. The van der Waals surface area contributed by atoms with Gasteiger partial charge in [-0.25, -0.2) is 0 Å². The zero-order valence-corrected chi connectivity index (χ0v) is 12.4. The van der Waals surface area contributed by atoms with Crippen LogP contribution in [0.4, 0.5) is 0 Å². The zero-order valence-electron chi connectivity index (χ0n) is 11.5. The van der Waals surface area contributed by atoms with Gasteiger partial charge in [0.15, 0.2) is 0 Å². The van der Waals surface area contributed by atoms with Gasteiger partial charge < -0.3 is 5.32 Å². The Morgan fingerprint density at radius 1 is 1.25 bits per heavy atom. The third-order valence-electron chi connectivity index (χ3n) is 2.67. The third kappa shape index (κ3) is 8.39. The quantitative estimate of drug-likeness (QED) is 0.557. The van der Waals surface area contributed by atoms with Gasteiger partial charge in [0, 0.05) is 24.8 Å². The van der Waals surface area contributed by atoms with Gasteiger partial charge in [-0.2, -0.15) is 5.26 Å². The van der Waals surface area contributed by atoms with Gasteiger partial charge in [0.2, 0.25) is 5.91 Å². The number of benzene rings is 1. The van der Waals surface area contributed by atoms with E-state index in [1.807, 2.05) is 23.6 Å². The van der Waals surface area contributed by atoms with Crippen LogP contribution in [0.15, 0.2) is 41.8 Å². The number of thioether (sulfide) groups is 1. The molecule has 0 aliphatic carbocycles. The molecule has 1 aromatic carbocycles. The van der Waals surface area contributed by atoms with Crippen molar-refractivity contribution in [2.75, 3.05) is 6.54 Å². The SMILES string of the molecule is N#CCCCCCNC(=O)/C=C\SCc1ccccc1. The van der Waals surface area contributed by atoms with Crippen molar-refractivity contribution in [3.8, 4) is 6.07 Å². The maximum absolute atomic E-state index is 11.5. The highest BCUT2D eigenvalue weighted by molar-refractivity contribution is 8.01. The number of hydrogen-bond donors (Lipinski definition) is 1. The van der Waals surface area contributed by atoms with Gasteiger partial charge in [-0.15, -0.1) is 11.8 Å². The summed E-state index contributed by atoms with van der Waals surface area (Å²) in [5.74, 6) is 0.824. The number of amides is 1. The summed E-state index contributed by atoms with van der Waals surface area (Å²) in [5, 5.41) is 13.1. The van der Waals surface area contributed by atoms with E-state index in [1.165, 1.54) is 5.56 Å². The molecule has 1 N–H and O–H groups in total. The molecule has 0 saturated carbocycles. The number of nitrogens with one attached hydrogen (secondary N) is 1. The summed E-state index contributed by atoms with van der Waals surface area (Å²) in [6.07, 6.45) is 5.00. The van der Waals surface area contributed by atoms with E-state index in [0.29, 0.717) is 13.0 Å². The lowest BCUT2D eigenvalue weighted by molar-refractivity contribution is -0.116. The summed E-state index contributed by atoms with van der Waals surface area (Å²) < 4.78 is 0. The molecule has 0 fully saturated rings. The van der Waals surface area contributed by atoms with E-state index < -0.39 is 0 Å². The molecular formula is C16H20N2OS. The second kappa shape index (κ2) is 11.1. The molecule has 0 saturated heterocycles. The topological polar surface area (TPSA) is 52.9 Å². The van der Waals surface area contributed by atoms with Gasteiger partial charge in [-0.1, -0.05) is 36.8 Å². The minimum atomic E-state index is -0.0501. The van der Waals surface area contributed by atoms with Crippen molar-refractivity contribution >= 4 is 17.7 Å². The number of rotatable bonds is 9. The van der Waals surface area contributed by atoms with Crippen LogP contribution in [0.5, 0.6) is 0 Å². The molecule has 0 atom stereocenters. The highest BCUT2D eigenvalue weighted by Crippen LogP contribution is 2.12. The average Bonchev–Trinajstić information content (AvgIpc) is 2.48. The van der Waals surface area contributed by atoms with Gasteiger partial charge in [0.1, 0.15) is 0 Å². The number of unbranched alkanes of at least 4 members (excludes halogenated alkanes) is 3. The predicted molar refractivity (Wildman–Crippen MR) is 84.0 cm³/mol. The molecule has 0 radical (unpaired) electrons. The Labute approximate surface area is 125 Å². The van der Waals surface area contributed by atoms with Crippen LogP contribution in [0.1, 0.15) is 31.2 Å². The Morgan fingerprint density at radius 3 is 2.80 bits per heavy atom. The third-order valence-corrected chi connectivity index (χ3v) is 3.50. The van der Waals surface area contributed by atoms with Crippen LogP contribution in [0.2, 0.25) is 0 Å². The monoisotopic (exact) mass is 288 g/mol. The number of hydrogen-bond acceptors (Lipinski definition) is 3. The minimum absolute atomic E-state index is 0.0501. The number of carbonyl (C=O) groups excluding carboxylic acids is 1. The Morgan fingerprint density at radius 2 is 2.05 bits per heavy atom. The second-order valence-electron chi connectivity index (χ2n) is 4.36. The van der Waals surface area contributed by atoms with E-state index in [2.05, 4.69) is 23.5 Å². The number of nitriles is 1. The molecule has 3 nitrogen and oxygen atoms in total. The molecule has 1 rings (SSSR count). The van der Waals surface area contributed by atoms with E-state index in [1.54, 1.807) is 17.8 Å². The molecule has 1 amide bonds. The maximum Gasteiger partial charge on any atom is 0.244 e. The molecule has 20 heavy (non-hydrogen) atoms. The first-order valence-electron chi connectivity index (χ1n) is 6.80. The maximum atomic E-state index is 11.5. The molecule has 106 valence electrons. The largest absolute Gasteiger partial charge is 0.353 e. The molecule has 0 spiro atoms. The fraction of sp³-hybridized carbons (Fsp3) is 0.375. The van der Waals surface area contributed by atoms with Gasteiger partial charge in [-0.05, 0) is 23.8 Å². The first-order valence-corrected chi connectivity index (χ1v) is 7.84. The van der Waals surface area contributed by atoms with E-state index in [-0.39, 0.29) is 5.91 Å². The highest BCUT2D eigenvalue weighted by Gasteiger charge is 1.95. The van der Waals surface area contributed by atoms with Gasteiger partial charge in [-0.3, -0.25) is 4.79 Å². The minimum Gasteiger partial charge on any atom is -0.353 e. The summed E-state index contributed by atoms with van der Waals surface area (Å²) in [6, 6.07) is 12.3. The normalized spacial score (nSPS) is 10.3. The van der Waals surface area contributed by atoms with E-state index >= 15 is 0 Å². The molecule has 0 aliphatic rings. The van der Waals surface area contributed by atoms with Gasteiger partial charge in [0.05, 0.1) is 6.07 Å². The summed E-state index contributed by atoms with van der Waals surface area (Å²) in [7, 11) is 0. The molecule has 4 heteroatoms. The Kier molecular flexibility index (Phi) is 9.08. The van der Waals surface area contributed by atoms with Crippen LogP contribution in [0.25, 0.3) is 0 Å². The summed E-state index contributed by atoms with van der Waals surface area (Å²) in [5.41, 5.74) is 1.25. The lowest BCUT2D eigenvalue weighted by Crippen LogP contribution is -2.21. The number of nitrogens with zero attached hydrogens (tertiary/aromatic N) is 1. The van der Waals surface area contributed by atoms with E-state index in [9.17, 15) is 4.79 Å². The van der Waals surface area contributed by atoms with Crippen molar-refractivity contribution in [2.45, 2.75) is 31.4 Å². The van der Waals surface area contributed by atoms with Crippen LogP contribution < -0.4 is 5.32 Å².